The average molecular weight is 453 g/mol. The maximum absolute atomic E-state index is 14.4. The van der Waals surface area contributed by atoms with Crippen molar-refractivity contribution < 1.29 is 18.3 Å². The fourth-order valence-corrected chi connectivity index (χ4v) is 3.16. The monoisotopic (exact) mass is 452 g/mol. The molecule has 0 aliphatic heterocycles. The number of alkyl halides is 2. The van der Waals surface area contributed by atoms with Crippen LogP contribution < -0.4 is 15.0 Å². The molecule has 0 amide bonds. The van der Waals surface area contributed by atoms with Gasteiger partial charge in [0.25, 0.3) is 5.92 Å². The number of methoxy groups -OCH3 is 1. The first-order valence-corrected chi connectivity index (χ1v) is 10.3. The van der Waals surface area contributed by atoms with Gasteiger partial charge in [0.1, 0.15) is 11.6 Å². The van der Waals surface area contributed by atoms with Gasteiger partial charge in [-0.15, -0.1) is 0 Å². The fourth-order valence-electron chi connectivity index (χ4n) is 3.16. The van der Waals surface area contributed by atoms with Crippen molar-refractivity contribution in [1.82, 2.24) is 9.97 Å². The van der Waals surface area contributed by atoms with E-state index in [0.717, 1.165) is 18.7 Å². The molecular formula is C25H26F2N4O2. The van der Waals surface area contributed by atoms with Gasteiger partial charge in [-0.25, -0.2) is 13.8 Å². The highest BCUT2D eigenvalue weighted by Gasteiger charge is 2.31. The van der Waals surface area contributed by atoms with Gasteiger partial charge in [-0.2, -0.15) is 4.98 Å². The smallest absolute Gasteiger partial charge is 0.275 e. The predicted octanol–water partition coefficient (Wildman–Crippen LogP) is 6.26. The first-order chi connectivity index (χ1) is 15.6. The van der Waals surface area contributed by atoms with Crippen molar-refractivity contribution in [3.63, 3.8) is 0 Å². The SMILES string of the molecule is COc1cccc(Nc2ncc(C(C)(F)F)c(N(C)c3cccc(C(=O)C=C(C)C)c3)n2)c1. The van der Waals surface area contributed by atoms with Crippen molar-refractivity contribution in [2.45, 2.75) is 26.7 Å². The van der Waals surface area contributed by atoms with Crippen LogP contribution in [0.4, 0.5) is 31.9 Å². The number of nitrogens with zero attached hydrogens (tertiary/aromatic N) is 3. The highest BCUT2D eigenvalue weighted by Crippen LogP contribution is 2.36. The molecule has 0 bridgehead atoms. The number of halogens is 2. The molecule has 0 fully saturated rings. The van der Waals surface area contributed by atoms with Gasteiger partial charge in [0.05, 0.1) is 12.7 Å². The molecule has 0 saturated heterocycles. The number of hydrogen-bond donors (Lipinski definition) is 1. The van der Waals surface area contributed by atoms with Gasteiger partial charge in [0, 0.05) is 43.2 Å². The number of carbonyl (C=O) groups is 1. The molecular weight excluding hydrogens is 426 g/mol. The Morgan fingerprint density at radius 1 is 1.15 bits per heavy atom. The van der Waals surface area contributed by atoms with Crippen molar-refractivity contribution in [3.05, 3.63) is 77.5 Å². The molecule has 0 aliphatic rings. The fraction of sp³-hybridized carbons (Fsp3) is 0.240. The topological polar surface area (TPSA) is 67.3 Å². The Hall–Kier alpha value is -3.81. The van der Waals surface area contributed by atoms with E-state index in [-0.39, 0.29) is 23.1 Å². The molecule has 0 atom stereocenters. The van der Waals surface area contributed by atoms with E-state index in [2.05, 4.69) is 15.3 Å². The van der Waals surface area contributed by atoms with E-state index >= 15 is 0 Å². The van der Waals surface area contributed by atoms with Crippen LogP contribution in [0.1, 0.15) is 36.7 Å². The summed E-state index contributed by atoms with van der Waals surface area (Å²) in [5.41, 5.74) is 2.18. The van der Waals surface area contributed by atoms with Crippen LogP contribution in [0.5, 0.6) is 5.75 Å². The maximum Gasteiger partial charge on any atom is 0.275 e. The van der Waals surface area contributed by atoms with Crippen LogP contribution in [0.25, 0.3) is 0 Å². The second kappa shape index (κ2) is 9.77. The number of ketones is 1. The number of aromatic nitrogens is 2. The number of allylic oxidation sites excluding steroid dienone is 2. The van der Waals surface area contributed by atoms with Crippen LogP contribution in [0.3, 0.4) is 0 Å². The summed E-state index contributed by atoms with van der Waals surface area (Å²) in [5, 5.41) is 3.02. The van der Waals surface area contributed by atoms with Crippen molar-refractivity contribution in [3.8, 4) is 5.75 Å². The van der Waals surface area contributed by atoms with E-state index < -0.39 is 5.92 Å². The van der Waals surface area contributed by atoms with Crippen molar-refractivity contribution in [2.24, 2.45) is 0 Å². The lowest BCUT2D eigenvalue weighted by Gasteiger charge is -2.24. The van der Waals surface area contributed by atoms with Gasteiger partial charge in [0.15, 0.2) is 5.78 Å². The zero-order valence-corrected chi connectivity index (χ0v) is 19.2. The van der Waals surface area contributed by atoms with Gasteiger partial charge < -0.3 is 15.0 Å². The van der Waals surface area contributed by atoms with E-state index in [1.807, 2.05) is 13.8 Å². The van der Waals surface area contributed by atoms with Crippen LogP contribution in [0.2, 0.25) is 0 Å². The molecule has 2 aromatic carbocycles. The van der Waals surface area contributed by atoms with Crippen molar-refractivity contribution in [2.75, 3.05) is 24.4 Å². The third-order valence-corrected chi connectivity index (χ3v) is 4.82. The van der Waals surface area contributed by atoms with Crippen LogP contribution >= 0.6 is 0 Å². The summed E-state index contributed by atoms with van der Waals surface area (Å²) in [7, 11) is 3.18. The Bertz CT molecular complexity index is 1190. The first kappa shape index (κ1) is 23.8. The number of anilines is 4. The third kappa shape index (κ3) is 5.91. The summed E-state index contributed by atoms with van der Waals surface area (Å²) < 4.78 is 34.0. The molecule has 1 aromatic heterocycles. The third-order valence-electron chi connectivity index (χ3n) is 4.82. The molecule has 0 radical (unpaired) electrons. The van der Waals surface area contributed by atoms with Gasteiger partial charge in [-0.05, 0) is 44.2 Å². The predicted molar refractivity (Wildman–Crippen MR) is 126 cm³/mol. The summed E-state index contributed by atoms with van der Waals surface area (Å²) >= 11 is 0. The summed E-state index contributed by atoms with van der Waals surface area (Å²) in [6.45, 7) is 4.47. The van der Waals surface area contributed by atoms with Crippen molar-refractivity contribution >= 4 is 28.9 Å². The van der Waals surface area contributed by atoms with Gasteiger partial charge in [0.2, 0.25) is 5.95 Å². The normalized spacial score (nSPS) is 11.0. The Labute approximate surface area is 191 Å². The summed E-state index contributed by atoms with van der Waals surface area (Å²) in [4.78, 5) is 22.4. The number of carbonyl (C=O) groups excluding carboxylic acids is 1. The quantitative estimate of drug-likeness (QED) is 0.322. The number of hydrogen-bond acceptors (Lipinski definition) is 6. The molecule has 8 heteroatoms. The average Bonchev–Trinajstić information content (AvgIpc) is 2.77. The van der Waals surface area contributed by atoms with Crippen LogP contribution in [0.15, 0.2) is 66.4 Å². The lowest BCUT2D eigenvalue weighted by Crippen LogP contribution is -2.20. The lowest BCUT2D eigenvalue weighted by molar-refractivity contribution is 0.0174. The molecule has 3 rings (SSSR count). The molecule has 1 heterocycles. The Morgan fingerprint density at radius 2 is 1.88 bits per heavy atom. The Balaban J connectivity index is 2.01. The molecule has 1 N–H and O–H groups in total. The second-order valence-corrected chi connectivity index (χ2v) is 7.87. The Morgan fingerprint density at radius 3 is 2.55 bits per heavy atom. The van der Waals surface area contributed by atoms with Gasteiger partial charge in [-0.1, -0.05) is 23.8 Å². The zero-order valence-electron chi connectivity index (χ0n) is 19.2. The largest absolute Gasteiger partial charge is 0.497 e. The summed E-state index contributed by atoms with van der Waals surface area (Å²) in [6, 6.07) is 13.9. The first-order valence-electron chi connectivity index (χ1n) is 10.3. The maximum atomic E-state index is 14.4. The van der Waals surface area contributed by atoms with E-state index in [1.165, 1.54) is 11.0 Å². The molecule has 33 heavy (non-hydrogen) atoms. The van der Waals surface area contributed by atoms with Crippen LogP contribution in [-0.2, 0) is 5.92 Å². The van der Waals surface area contributed by atoms with Crippen molar-refractivity contribution in [1.29, 1.82) is 0 Å². The van der Waals surface area contributed by atoms with Gasteiger partial charge in [-0.3, -0.25) is 4.79 Å². The minimum absolute atomic E-state index is 0.0229. The minimum Gasteiger partial charge on any atom is -0.497 e. The summed E-state index contributed by atoms with van der Waals surface area (Å²) in [5.74, 6) is -2.53. The zero-order chi connectivity index (χ0) is 24.2. The highest BCUT2D eigenvalue weighted by molar-refractivity contribution is 6.05. The highest BCUT2D eigenvalue weighted by atomic mass is 19.3. The van der Waals surface area contributed by atoms with Gasteiger partial charge >= 0.3 is 0 Å². The number of ether oxygens (including phenoxy) is 1. The van der Waals surface area contributed by atoms with E-state index in [1.54, 1.807) is 62.7 Å². The van der Waals surface area contributed by atoms with E-state index in [9.17, 15) is 13.6 Å². The lowest BCUT2D eigenvalue weighted by atomic mass is 10.1. The molecule has 3 aromatic rings. The standard InChI is InChI=1S/C25H26F2N4O2/c1-16(2)12-22(32)17-8-6-10-19(13-17)31(4)23-21(25(3,26)27)15-28-24(30-23)29-18-9-7-11-20(14-18)33-5/h6-15H,1-5H3,(H,28,29,30). The molecule has 0 unspecified atom stereocenters. The van der Waals surface area contributed by atoms with E-state index in [0.29, 0.717) is 22.7 Å². The molecule has 0 spiro atoms. The summed E-state index contributed by atoms with van der Waals surface area (Å²) in [6.07, 6.45) is 2.64. The number of benzene rings is 2. The van der Waals surface area contributed by atoms with Crippen LogP contribution in [-0.4, -0.2) is 29.9 Å². The molecule has 172 valence electrons. The second-order valence-electron chi connectivity index (χ2n) is 7.87. The molecule has 0 saturated carbocycles. The molecule has 0 aliphatic carbocycles. The number of rotatable bonds is 8. The van der Waals surface area contributed by atoms with Crippen LogP contribution in [0, 0.1) is 0 Å². The minimum atomic E-state index is -3.17. The Kier molecular flexibility index (Phi) is 7.06. The molecule has 6 nitrogen and oxygen atoms in total. The van der Waals surface area contributed by atoms with E-state index in [4.69, 9.17) is 4.74 Å². The number of nitrogens with one attached hydrogen (secondary N) is 1.